The minimum atomic E-state index is -0.290. The Morgan fingerprint density at radius 1 is 0.828 bits per heavy atom. The highest BCUT2D eigenvalue weighted by Gasteiger charge is 2.04. The largest absolute Gasteiger partial charge is 0.491 e. The Morgan fingerprint density at radius 2 is 1.59 bits per heavy atom. The van der Waals surface area contributed by atoms with Crippen molar-refractivity contribution >= 4 is 11.7 Å². The second kappa shape index (κ2) is 10.7. The number of carbonyl (C=O) groups is 1. The standard InChI is InChI=1S/C23H24N2O4/c1-27-14-15-28-20-12-10-18(11-13-20)17-24-23(26)25-19-6-5-9-22(16-19)29-21-7-3-2-4-8-21/h2-13,16H,14-15,17H2,1H3,(H2,24,25,26). The molecule has 0 aliphatic heterocycles. The number of methoxy groups -OCH3 is 1. The van der Waals surface area contributed by atoms with Gasteiger partial charge in [0.25, 0.3) is 0 Å². The number of ether oxygens (including phenoxy) is 3. The van der Waals surface area contributed by atoms with Crippen molar-refractivity contribution in [2.24, 2.45) is 0 Å². The van der Waals surface area contributed by atoms with E-state index in [0.717, 1.165) is 17.1 Å². The van der Waals surface area contributed by atoms with Gasteiger partial charge in [-0.3, -0.25) is 0 Å². The topological polar surface area (TPSA) is 68.8 Å². The molecule has 2 amide bonds. The predicted octanol–water partition coefficient (Wildman–Crippen LogP) is 4.83. The van der Waals surface area contributed by atoms with Gasteiger partial charge in [0.05, 0.1) is 6.61 Å². The summed E-state index contributed by atoms with van der Waals surface area (Å²) in [7, 11) is 1.63. The molecule has 0 aromatic heterocycles. The van der Waals surface area contributed by atoms with Crippen molar-refractivity contribution in [3.8, 4) is 17.2 Å². The number of nitrogens with one attached hydrogen (secondary N) is 2. The van der Waals surface area contributed by atoms with Gasteiger partial charge in [-0.15, -0.1) is 0 Å². The smallest absolute Gasteiger partial charge is 0.319 e. The van der Waals surface area contributed by atoms with E-state index in [1.54, 1.807) is 13.2 Å². The molecule has 0 aliphatic rings. The van der Waals surface area contributed by atoms with Gasteiger partial charge in [0.1, 0.15) is 23.9 Å². The van der Waals surface area contributed by atoms with Crippen molar-refractivity contribution in [1.82, 2.24) is 5.32 Å². The summed E-state index contributed by atoms with van der Waals surface area (Å²) in [6.45, 7) is 1.45. The van der Waals surface area contributed by atoms with Crippen LogP contribution in [0.25, 0.3) is 0 Å². The minimum Gasteiger partial charge on any atom is -0.491 e. The van der Waals surface area contributed by atoms with Gasteiger partial charge in [0.2, 0.25) is 0 Å². The molecule has 0 unspecified atom stereocenters. The van der Waals surface area contributed by atoms with Gasteiger partial charge in [-0.1, -0.05) is 36.4 Å². The zero-order valence-corrected chi connectivity index (χ0v) is 16.3. The minimum absolute atomic E-state index is 0.290. The highest BCUT2D eigenvalue weighted by molar-refractivity contribution is 5.89. The Bertz CT molecular complexity index is 898. The number of urea groups is 1. The lowest BCUT2D eigenvalue weighted by Crippen LogP contribution is -2.28. The molecule has 0 heterocycles. The van der Waals surface area contributed by atoms with Crippen LogP contribution in [0.4, 0.5) is 10.5 Å². The number of hydrogen-bond donors (Lipinski definition) is 2. The van der Waals surface area contributed by atoms with E-state index in [1.165, 1.54) is 0 Å². The number of benzene rings is 3. The quantitative estimate of drug-likeness (QED) is 0.512. The first-order valence-corrected chi connectivity index (χ1v) is 9.31. The fourth-order valence-electron chi connectivity index (χ4n) is 2.57. The van der Waals surface area contributed by atoms with Crippen molar-refractivity contribution in [2.75, 3.05) is 25.6 Å². The van der Waals surface area contributed by atoms with Crippen LogP contribution in [0.1, 0.15) is 5.56 Å². The van der Waals surface area contributed by atoms with Crippen LogP contribution in [-0.2, 0) is 11.3 Å². The monoisotopic (exact) mass is 392 g/mol. The predicted molar refractivity (Wildman–Crippen MR) is 113 cm³/mol. The molecule has 0 spiro atoms. The molecule has 2 N–H and O–H groups in total. The molecule has 6 heteroatoms. The molecule has 3 aromatic carbocycles. The molecular formula is C23H24N2O4. The first-order chi connectivity index (χ1) is 14.2. The maximum Gasteiger partial charge on any atom is 0.319 e. The summed E-state index contributed by atoms with van der Waals surface area (Å²) >= 11 is 0. The van der Waals surface area contributed by atoms with Crippen LogP contribution in [0.2, 0.25) is 0 Å². The average Bonchev–Trinajstić information content (AvgIpc) is 2.74. The lowest BCUT2D eigenvalue weighted by atomic mass is 10.2. The van der Waals surface area contributed by atoms with Crippen molar-refractivity contribution in [3.05, 3.63) is 84.4 Å². The summed E-state index contributed by atoms with van der Waals surface area (Å²) < 4.78 is 16.3. The van der Waals surface area contributed by atoms with E-state index in [-0.39, 0.29) is 6.03 Å². The SMILES string of the molecule is COCCOc1ccc(CNC(=O)Nc2cccc(Oc3ccccc3)c2)cc1. The third kappa shape index (κ3) is 6.86. The Kier molecular flexibility index (Phi) is 7.48. The van der Waals surface area contributed by atoms with Gasteiger partial charge in [-0.25, -0.2) is 4.79 Å². The van der Waals surface area contributed by atoms with Crippen molar-refractivity contribution in [3.63, 3.8) is 0 Å². The van der Waals surface area contributed by atoms with E-state index in [9.17, 15) is 4.79 Å². The number of carbonyl (C=O) groups excluding carboxylic acids is 1. The second-order valence-electron chi connectivity index (χ2n) is 6.24. The van der Waals surface area contributed by atoms with Gasteiger partial charge in [-0.2, -0.15) is 0 Å². The molecule has 0 aliphatic carbocycles. The molecule has 0 bridgehead atoms. The Balaban J connectivity index is 1.47. The van der Waals surface area contributed by atoms with Crippen LogP contribution >= 0.6 is 0 Å². The first-order valence-electron chi connectivity index (χ1n) is 9.31. The Hall–Kier alpha value is -3.51. The molecule has 0 fully saturated rings. The third-order valence-corrected chi connectivity index (χ3v) is 4.00. The maximum absolute atomic E-state index is 12.2. The molecule has 6 nitrogen and oxygen atoms in total. The first kappa shape index (κ1) is 20.2. The van der Waals surface area contributed by atoms with Crippen molar-refractivity contribution < 1.29 is 19.0 Å². The fourth-order valence-corrected chi connectivity index (χ4v) is 2.57. The lowest BCUT2D eigenvalue weighted by Gasteiger charge is -2.10. The van der Waals surface area contributed by atoms with Crippen LogP contribution in [0.5, 0.6) is 17.2 Å². The van der Waals surface area contributed by atoms with E-state index < -0.39 is 0 Å². The van der Waals surface area contributed by atoms with Crippen molar-refractivity contribution in [2.45, 2.75) is 6.54 Å². The van der Waals surface area contributed by atoms with E-state index in [4.69, 9.17) is 14.2 Å². The summed E-state index contributed by atoms with van der Waals surface area (Å²) in [4.78, 5) is 12.2. The summed E-state index contributed by atoms with van der Waals surface area (Å²) in [6, 6.07) is 24.0. The Labute approximate surface area is 170 Å². The van der Waals surface area contributed by atoms with Crippen molar-refractivity contribution in [1.29, 1.82) is 0 Å². The highest BCUT2D eigenvalue weighted by atomic mass is 16.5. The summed E-state index contributed by atoms with van der Waals surface area (Å²) in [6.07, 6.45) is 0. The van der Waals surface area contributed by atoms with E-state index in [0.29, 0.717) is 31.2 Å². The molecule has 3 rings (SSSR count). The van der Waals surface area contributed by atoms with Gasteiger partial charge in [0.15, 0.2) is 0 Å². The highest BCUT2D eigenvalue weighted by Crippen LogP contribution is 2.23. The summed E-state index contributed by atoms with van der Waals surface area (Å²) in [5, 5.41) is 5.65. The van der Waals surface area contributed by atoms with Crippen LogP contribution in [-0.4, -0.2) is 26.4 Å². The number of amides is 2. The molecule has 0 radical (unpaired) electrons. The summed E-state index contributed by atoms with van der Waals surface area (Å²) in [5.74, 6) is 2.16. The normalized spacial score (nSPS) is 10.2. The molecule has 0 saturated carbocycles. The van der Waals surface area contributed by atoms with E-state index in [1.807, 2.05) is 72.8 Å². The van der Waals surface area contributed by atoms with Gasteiger partial charge in [0, 0.05) is 25.4 Å². The molecule has 0 atom stereocenters. The molecule has 3 aromatic rings. The number of para-hydroxylation sites is 1. The molecule has 150 valence electrons. The number of hydrogen-bond acceptors (Lipinski definition) is 4. The fraction of sp³-hybridized carbons (Fsp3) is 0.174. The lowest BCUT2D eigenvalue weighted by molar-refractivity contribution is 0.146. The second-order valence-corrected chi connectivity index (χ2v) is 6.24. The average molecular weight is 392 g/mol. The maximum atomic E-state index is 12.2. The number of rotatable bonds is 9. The molecular weight excluding hydrogens is 368 g/mol. The van der Waals surface area contributed by atoms with Crippen LogP contribution in [0, 0.1) is 0 Å². The van der Waals surface area contributed by atoms with Crippen LogP contribution in [0.15, 0.2) is 78.9 Å². The van der Waals surface area contributed by atoms with Gasteiger partial charge >= 0.3 is 6.03 Å². The van der Waals surface area contributed by atoms with E-state index >= 15 is 0 Å². The zero-order valence-electron chi connectivity index (χ0n) is 16.3. The summed E-state index contributed by atoms with van der Waals surface area (Å²) in [5.41, 5.74) is 1.62. The Morgan fingerprint density at radius 3 is 2.34 bits per heavy atom. The van der Waals surface area contributed by atoms with Crippen LogP contribution in [0.3, 0.4) is 0 Å². The third-order valence-electron chi connectivity index (χ3n) is 4.00. The number of anilines is 1. The van der Waals surface area contributed by atoms with Gasteiger partial charge in [-0.05, 0) is 42.0 Å². The molecule has 29 heavy (non-hydrogen) atoms. The van der Waals surface area contributed by atoms with Gasteiger partial charge < -0.3 is 24.8 Å². The van der Waals surface area contributed by atoms with Crippen LogP contribution < -0.4 is 20.1 Å². The molecule has 0 saturated heterocycles. The van der Waals surface area contributed by atoms with E-state index in [2.05, 4.69) is 10.6 Å². The zero-order chi connectivity index (χ0) is 20.3.